The number of anilines is 3. The number of hydrogen-bond acceptors (Lipinski definition) is 14. The summed E-state index contributed by atoms with van der Waals surface area (Å²) in [5.74, 6) is 0.00657. The molecule has 1 aliphatic carbocycles. The second kappa shape index (κ2) is 26.4. The molecule has 5 aromatic carbocycles. The Labute approximate surface area is 509 Å². The van der Waals surface area contributed by atoms with Gasteiger partial charge in [0.1, 0.15) is 6.04 Å². The molecule has 5 fully saturated rings. The number of piperazine rings is 1. The van der Waals surface area contributed by atoms with Gasteiger partial charge in [-0.2, -0.15) is 0 Å². The molecule has 3 atom stereocenters. The van der Waals surface area contributed by atoms with Gasteiger partial charge in [-0.15, -0.1) is 11.8 Å². The molecule has 5 saturated heterocycles. The van der Waals surface area contributed by atoms with Gasteiger partial charge in [0, 0.05) is 141 Å². The van der Waals surface area contributed by atoms with Crippen molar-refractivity contribution in [3.05, 3.63) is 154 Å². The summed E-state index contributed by atoms with van der Waals surface area (Å²) in [6.45, 7) is 14.4. The number of morpholine rings is 1. The first-order valence-corrected chi connectivity index (χ1v) is 33.3. The number of carbonyl (C=O) groups is 4. The van der Waals surface area contributed by atoms with E-state index in [0.717, 1.165) is 164 Å². The van der Waals surface area contributed by atoms with E-state index in [1.165, 1.54) is 28.9 Å². The van der Waals surface area contributed by atoms with Crippen LogP contribution in [0.5, 0.6) is 0 Å². The number of rotatable bonds is 19. The van der Waals surface area contributed by atoms with E-state index in [1.807, 2.05) is 48.5 Å². The fourth-order valence-corrected chi connectivity index (χ4v) is 16.0. The second-order valence-electron chi connectivity index (χ2n) is 24.4. The lowest BCUT2D eigenvalue weighted by atomic mass is 9.69. The number of sulfonamides is 1. The number of allylic oxidation sites excluding steroid dienone is 1. The lowest BCUT2D eigenvalue weighted by molar-refractivity contribution is -0.136. The van der Waals surface area contributed by atoms with Crippen molar-refractivity contribution < 1.29 is 32.3 Å². The molecule has 6 aliphatic heterocycles. The molecule has 12 rings (SSSR count). The highest BCUT2D eigenvalue weighted by molar-refractivity contribution is 7.99. The maximum Gasteiger partial charge on any atom is 0.264 e. The number of nitrogens with one attached hydrogen (secondary N) is 3. The number of ether oxygens (including phenoxy) is 1. The number of imide groups is 1. The molecule has 0 saturated carbocycles. The quantitative estimate of drug-likeness (QED) is 0.0530. The summed E-state index contributed by atoms with van der Waals surface area (Å²) in [6, 6.07) is 38.3. The van der Waals surface area contributed by atoms with Crippen LogP contribution in [0.4, 0.5) is 17.1 Å². The molecule has 7 aliphatic rings. The molecule has 5 aromatic rings. The van der Waals surface area contributed by atoms with Gasteiger partial charge in [-0.1, -0.05) is 47.5 Å². The predicted molar refractivity (Wildman–Crippen MR) is 336 cm³/mol. The van der Waals surface area contributed by atoms with E-state index in [2.05, 4.69) is 76.3 Å². The van der Waals surface area contributed by atoms with Crippen LogP contribution in [0.1, 0.15) is 89.6 Å². The molecular weight excluding hydrogens is 1130 g/mol. The zero-order valence-corrected chi connectivity index (χ0v) is 50.8. The van der Waals surface area contributed by atoms with Crippen molar-refractivity contribution >= 4 is 79.7 Å². The summed E-state index contributed by atoms with van der Waals surface area (Å²) in [6.07, 6.45) is 8.29. The van der Waals surface area contributed by atoms with Crippen LogP contribution in [0.15, 0.2) is 137 Å². The molecule has 4 amide bonds. The molecule has 1 spiro atoms. The Kier molecular flexibility index (Phi) is 18.3. The Bertz CT molecular complexity index is 3350. The van der Waals surface area contributed by atoms with Crippen LogP contribution in [0.3, 0.4) is 0 Å². The van der Waals surface area contributed by atoms with Crippen molar-refractivity contribution in [3.8, 4) is 0 Å². The van der Waals surface area contributed by atoms with Gasteiger partial charge < -0.3 is 29.7 Å². The highest BCUT2D eigenvalue weighted by Gasteiger charge is 2.43. The van der Waals surface area contributed by atoms with Crippen LogP contribution in [0.2, 0.25) is 5.02 Å². The summed E-state index contributed by atoms with van der Waals surface area (Å²) in [4.78, 5) is 66.6. The van der Waals surface area contributed by atoms with E-state index >= 15 is 0 Å². The van der Waals surface area contributed by atoms with Gasteiger partial charge in [0.05, 0.1) is 18.1 Å². The number of amides is 4. The third-order valence-corrected chi connectivity index (χ3v) is 21.5. The summed E-state index contributed by atoms with van der Waals surface area (Å²) < 4.78 is 35.0. The third kappa shape index (κ3) is 14.3. The minimum absolute atomic E-state index is 0.0255. The third-order valence-electron chi connectivity index (χ3n) is 18.8. The van der Waals surface area contributed by atoms with Gasteiger partial charge in [0.15, 0.2) is 0 Å². The maximum absolute atomic E-state index is 13.6. The fourth-order valence-electron chi connectivity index (χ4n) is 13.9. The first-order valence-electron chi connectivity index (χ1n) is 30.5. The van der Waals surface area contributed by atoms with Gasteiger partial charge in [-0.3, -0.25) is 34.3 Å². The molecule has 19 heteroatoms. The molecule has 0 radical (unpaired) electrons. The van der Waals surface area contributed by atoms with Crippen LogP contribution in [-0.2, 0) is 30.9 Å². The summed E-state index contributed by atoms with van der Waals surface area (Å²) in [5.41, 5.74) is 9.37. The highest BCUT2D eigenvalue weighted by atomic mass is 35.5. The average molecular weight is 1210 g/mol. The van der Waals surface area contributed by atoms with Gasteiger partial charge in [-0.05, 0) is 177 Å². The summed E-state index contributed by atoms with van der Waals surface area (Å²) >= 11 is 8.21. The number of halogens is 1. The van der Waals surface area contributed by atoms with Crippen LogP contribution in [-0.4, -0.2) is 168 Å². The number of carbonyl (C=O) groups excluding carboxylic acids is 4. The fraction of sp³-hybridized carbons (Fsp3) is 0.455. The van der Waals surface area contributed by atoms with Crippen molar-refractivity contribution in [3.63, 3.8) is 0 Å². The molecule has 2 unspecified atom stereocenters. The Morgan fingerprint density at radius 1 is 0.753 bits per heavy atom. The zero-order chi connectivity index (χ0) is 58.5. The smallest absolute Gasteiger partial charge is 0.264 e. The van der Waals surface area contributed by atoms with Gasteiger partial charge in [0.25, 0.3) is 21.8 Å². The van der Waals surface area contributed by atoms with E-state index in [0.29, 0.717) is 24.4 Å². The number of hydrogen-bond donors (Lipinski definition) is 3. The van der Waals surface area contributed by atoms with E-state index in [4.69, 9.17) is 16.3 Å². The molecule has 6 heterocycles. The molecule has 0 bridgehead atoms. The Balaban J connectivity index is 0.615. The normalized spacial score (nSPS) is 22.5. The molecule has 448 valence electrons. The predicted octanol–water partition coefficient (Wildman–Crippen LogP) is 8.88. The van der Waals surface area contributed by atoms with Crippen LogP contribution >= 0.6 is 23.4 Å². The number of piperidine rings is 2. The second-order valence-corrected chi connectivity index (χ2v) is 27.6. The van der Waals surface area contributed by atoms with E-state index in [1.54, 1.807) is 58.6 Å². The van der Waals surface area contributed by atoms with Gasteiger partial charge in [-0.25, -0.2) is 13.1 Å². The SMILES string of the molecule is O=C1CCC(N2Cc3cc(N4CCC(CN5CCC6(CCC(c7ccc(Cl)cc7)=C(CN7CCN(c8ccc(C(=O)NS(=O)(=O)c9ccc(N[C@H](CCN%10CCOCC%10)CSc%10ccccc%10)cc9)cc8)CC7)C6)C5)CC4)ccc3C2=O)C(=O)N1. The molecule has 16 nitrogen and oxygen atoms in total. The first-order chi connectivity index (χ1) is 41.3. The average Bonchev–Trinajstić information content (AvgIpc) is 4.28. The molecular formula is C66H78ClN9O7S2. The number of benzene rings is 5. The van der Waals surface area contributed by atoms with Crippen molar-refractivity contribution in [2.24, 2.45) is 11.3 Å². The first kappa shape index (κ1) is 59.1. The monoisotopic (exact) mass is 1210 g/mol. The molecule has 3 N–H and O–H groups in total. The summed E-state index contributed by atoms with van der Waals surface area (Å²) in [7, 11) is -4.13. The van der Waals surface area contributed by atoms with Crippen molar-refractivity contribution in [1.82, 2.24) is 29.6 Å². The summed E-state index contributed by atoms with van der Waals surface area (Å²) in [5, 5.41) is 6.79. The lowest BCUT2D eigenvalue weighted by Crippen LogP contribution is -2.52. The molecule has 0 aromatic heterocycles. The largest absolute Gasteiger partial charge is 0.381 e. The molecule has 85 heavy (non-hydrogen) atoms. The lowest BCUT2D eigenvalue weighted by Gasteiger charge is -2.41. The number of fused-ring (bicyclic) bond motifs is 1. The van der Waals surface area contributed by atoms with E-state index in [-0.39, 0.29) is 46.1 Å². The van der Waals surface area contributed by atoms with Crippen molar-refractivity contribution in [2.45, 2.75) is 86.2 Å². The van der Waals surface area contributed by atoms with Gasteiger partial charge in [0.2, 0.25) is 11.8 Å². The van der Waals surface area contributed by atoms with E-state index in [9.17, 15) is 27.6 Å². The minimum atomic E-state index is -4.13. The maximum atomic E-state index is 13.6. The van der Waals surface area contributed by atoms with Crippen molar-refractivity contribution in [2.75, 3.05) is 119 Å². The highest BCUT2D eigenvalue weighted by Crippen LogP contribution is 2.49. The standard InChI is InChI=1S/C66H78ClN9O7S2/c67-52-10-6-48(7-11-52)59-22-26-66(27-31-73(46-66)42-47-23-29-74(30-24-47)56-16-19-60-50(40-56)44-76(65(60)80)61-20-21-62(77)69-64(61)79)41-51(59)43-72-32-34-75(35-33-72)55-14-8-49(9-15-55)63(78)70-85(81,82)58-17-12-53(13-18-58)68-54(25-28-71-36-38-83-39-37-71)45-84-57-4-2-1-3-5-57/h1-19,40,47,54,61,68H,20-39,41-46H2,(H,70,78)(H,69,77,79)/t54-,61?,66?/m1/s1. The number of nitrogens with zero attached hydrogens (tertiary/aromatic N) is 6. The van der Waals surface area contributed by atoms with E-state index < -0.39 is 22.0 Å². The van der Waals surface area contributed by atoms with Crippen LogP contribution in [0, 0.1) is 11.3 Å². The number of thioether (sulfide) groups is 1. The van der Waals surface area contributed by atoms with Crippen LogP contribution in [0.25, 0.3) is 5.57 Å². The minimum Gasteiger partial charge on any atom is -0.381 e. The van der Waals surface area contributed by atoms with Crippen molar-refractivity contribution in [1.29, 1.82) is 0 Å². The topological polar surface area (TPSA) is 167 Å². The Morgan fingerprint density at radius 3 is 2.22 bits per heavy atom. The Morgan fingerprint density at radius 2 is 1.48 bits per heavy atom. The Hall–Kier alpha value is -6.25. The number of likely N-dealkylation sites (tertiary alicyclic amines) is 1. The zero-order valence-electron chi connectivity index (χ0n) is 48.4. The van der Waals surface area contributed by atoms with Crippen LogP contribution < -0.4 is 25.2 Å². The van der Waals surface area contributed by atoms with Gasteiger partial charge >= 0.3 is 0 Å².